The third-order valence-electron chi connectivity index (χ3n) is 4.15. The molecule has 1 heterocycles. The van der Waals surface area contributed by atoms with Gasteiger partial charge in [-0.25, -0.2) is 4.39 Å². The highest BCUT2D eigenvalue weighted by atomic mass is 35.5. The SMILES string of the molecule is CC(c1ccc(F)c(Cl)c1)N1CCC(OCCCN)CC1. The van der Waals surface area contributed by atoms with Crippen molar-refractivity contribution in [2.24, 2.45) is 5.73 Å². The normalized spacial score (nSPS) is 18.9. The Bertz CT molecular complexity index is 450. The number of hydrogen-bond acceptors (Lipinski definition) is 3. The Kier molecular flexibility index (Phi) is 6.42. The van der Waals surface area contributed by atoms with Crippen molar-refractivity contribution in [3.8, 4) is 0 Å². The second-order valence-electron chi connectivity index (χ2n) is 5.60. The van der Waals surface area contributed by atoms with Crippen LogP contribution in [0, 0.1) is 5.82 Å². The summed E-state index contributed by atoms with van der Waals surface area (Å²) in [6.45, 7) is 5.55. The van der Waals surface area contributed by atoms with Crippen LogP contribution >= 0.6 is 11.6 Å². The summed E-state index contributed by atoms with van der Waals surface area (Å²) in [7, 11) is 0. The van der Waals surface area contributed by atoms with Crippen molar-refractivity contribution in [1.82, 2.24) is 4.90 Å². The van der Waals surface area contributed by atoms with Crippen molar-refractivity contribution in [3.05, 3.63) is 34.6 Å². The highest BCUT2D eigenvalue weighted by molar-refractivity contribution is 6.30. The highest BCUT2D eigenvalue weighted by Crippen LogP contribution is 2.27. The third kappa shape index (κ3) is 4.65. The van der Waals surface area contributed by atoms with Crippen LogP contribution in [0.3, 0.4) is 0 Å². The van der Waals surface area contributed by atoms with Gasteiger partial charge < -0.3 is 10.5 Å². The average Bonchev–Trinajstić information content (AvgIpc) is 2.50. The van der Waals surface area contributed by atoms with Gasteiger partial charge in [-0.3, -0.25) is 4.90 Å². The summed E-state index contributed by atoms with van der Waals surface area (Å²) in [5.41, 5.74) is 6.53. The van der Waals surface area contributed by atoms with E-state index in [-0.39, 0.29) is 16.9 Å². The fourth-order valence-corrected chi connectivity index (χ4v) is 2.94. The molecule has 1 saturated heterocycles. The lowest BCUT2D eigenvalue weighted by Gasteiger charge is -2.36. The number of halogens is 2. The topological polar surface area (TPSA) is 38.5 Å². The molecule has 5 heteroatoms. The summed E-state index contributed by atoms with van der Waals surface area (Å²) in [5.74, 6) is -0.361. The molecular weight excluding hydrogens is 291 g/mol. The maximum absolute atomic E-state index is 13.2. The molecule has 1 unspecified atom stereocenters. The molecule has 0 spiro atoms. The summed E-state index contributed by atoms with van der Waals surface area (Å²) >= 11 is 5.87. The maximum Gasteiger partial charge on any atom is 0.141 e. The van der Waals surface area contributed by atoms with Gasteiger partial charge in [-0.2, -0.15) is 0 Å². The molecule has 1 fully saturated rings. The largest absolute Gasteiger partial charge is 0.378 e. The van der Waals surface area contributed by atoms with Gasteiger partial charge >= 0.3 is 0 Å². The van der Waals surface area contributed by atoms with E-state index in [1.54, 1.807) is 6.07 Å². The predicted octanol–water partition coefficient (Wildman–Crippen LogP) is 3.37. The van der Waals surface area contributed by atoms with Crippen molar-refractivity contribution in [2.75, 3.05) is 26.2 Å². The lowest BCUT2D eigenvalue weighted by atomic mass is 10.0. The first-order chi connectivity index (χ1) is 10.1. The second-order valence-corrected chi connectivity index (χ2v) is 6.01. The van der Waals surface area contributed by atoms with Crippen LogP contribution in [0.4, 0.5) is 4.39 Å². The quantitative estimate of drug-likeness (QED) is 0.818. The Hall–Kier alpha value is -0.680. The number of rotatable bonds is 6. The Labute approximate surface area is 131 Å². The molecule has 0 aromatic heterocycles. The maximum atomic E-state index is 13.2. The van der Waals surface area contributed by atoms with E-state index in [0.29, 0.717) is 12.6 Å². The van der Waals surface area contributed by atoms with E-state index in [0.717, 1.165) is 44.5 Å². The molecule has 3 nitrogen and oxygen atoms in total. The molecule has 0 radical (unpaired) electrons. The average molecular weight is 315 g/mol. The molecule has 2 N–H and O–H groups in total. The van der Waals surface area contributed by atoms with E-state index >= 15 is 0 Å². The van der Waals surface area contributed by atoms with Gasteiger partial charge in [-0.1, -0.05) is 17.7 Å². The molecule has 1 atom stereocenters. The monoisotopic (exact) mass is 314 g/mol. The minimum Gasteiger partial charge on any atom is -0.378 e. The number of piperidine rings is 1. The number of nitrogens with zero attached hydrogens (tertiary/aromatic N) is 1. The lowest BCUT2D eigenvalue weighted by molar-refractivity contribution is -0.000750. The number of benzene rings is 1. The van der Waals surface area contributed by atoms with Crippen LogP contribution in [0.25, 0.3) is 0 Å². The second kappa shape index (κ2) is 8.08. The lowest BCUT2D eigenvalue weighted by Crippen LogP contribution is -2.38. The summed E-state index contributed by atoms with van der Waals surface area (Å²) in [4.78, 5) is 2.40. The minimum absolute atomic E-state index is 0.194. The summed E-state index contributed by atoms with van der Waals surface area (Å²) in [6, 6.07) is 5.23. The molecule has 0 saturated carbocycles. The van der Waals surface area contributed by atoms with Crippen molar-refractivity contribution < 1.29 is 9.13 Å². The fourth-order valence-electron chi connectivity index (χ4n) is 2.75. The van der Waals surface area contributed by atoms with E-state index in [4.69, 9.17) is 22.1 Å². The molecule has 1 aliphatic rings. The van der Waals surface area contributed by atoms with Crippen LogP contribution in [0.1, 0.15) is 37.8 Å². The standard InChI is InChI=1S/C16H24ClFN2O/c1-12(13-3-4-16(18)15(17)11-13)20-8-5-14(6-9-20)21-10-2-7-19/h3-4,11-12,14H,2,5-10,19H2,1H3. The zero-order chi connectivity index (χ0) is 15.2. The van der Waals surface area contributed by atoms with Crippen LogP contribution in [-0.2, 0) is 4.74 Å². The van der Waals surface area contributed by atoms with Gasteiger partial charge in [0, 0.05) is 25.7 Å². The number of nitrogens with two attached hydrogens (primary N) is 1. The Morgan fingerprint density at radius 1 is 1.43 bits per heavy atom. The van der Waals surface area contributed by atoms with E-state index in [2.05, 4.69) is 11.8 Å². The third-order valence-corrected chi connectivity index (χ3v) is 4.44. The van der Waals surface area contributed by atoms with Crippen LogP contribution < -0.4 is 5.73 Å². The first kappa shape index (κ1) is 16.7. The van der Waals surface area contributed by atoms with Crippen molar-refractivity contribution in [1.29, 1.82) is 0 Å². The molecule has 118 valence electrons. The van der Waals surface area contributed by atoms with Gasteiger partial charge in [0.2, 0.25) is 0 Å². The number of hydrogen-bond donors (Lipinski definition) is 1. The number of ether oxygens (including phenoxy) is 1. The van der Waals surface area contributed by atoms with E-state index in [1.165, 1.54) is 6.07 Å². The Morgan fingerprint density at radius 2 is 2.14 bits per heavy atom. The van der Waals surface area contributed by atoms with Crippen molar-refractivity contribution in [3.63, 3.8) is 0 Å². The predicted molar refractivity (Wildman–Crippen MR) is 84.0 cm³/mol. The van der Waals surface area contributed by atoms with E-state index in [9.17, 15) is 4.39 Å². The molecule has 0 aliphatic carbocycles. The molecule has 2 rings (SSSR count). The summed E-state index contributed by atoms with van der Waals surface area (Å²) < 4.78 is 19.0. The van der Waals surface area contributed by atoms with Crippen LogP contribution in [-0.4, -0.2) is 37.2 Å². The van der Waals surface area contributed by atoms with Crippen LogP contribution in [0.2, 0.25) is 5.02 Å². The molecule has 1 aliphatic heterocycles. The van der Waals surface area contributed by atoms with Gasteiger partial charge in [0.1, 0.15) is 5.82 Å². The van der Waals surface area contributed by atoms with Crippen molar-refractivity contribution in [2.45, 2.75) is 38.3 Å². The molecule has 1 aromatic rings. The molecule has 1 aromatic carbocycles. The molecule has 0 amide bonds. The zero-order valence-corrected chi connectivity index (χ0v) is 13.3. The Balaban J connectivity index is 1.85. The highest BCUT2D eigenvalue weighted by Gasteiger charge is 2.24. The van der Waals surface area contributed by atoms with Gasteiger partial charge in [-0.15, -0.1) is 0 Å². The van der Waals surface area contributed by atoms with Crippen LogP contribution in [0.5, 0.6) is 0 Å². The summed E-state index contributed by atoms with van der Waals surface area (Å²) in [5, 5.41) is 0.194. The van der Waals surface area contributed by atoms with Crippen LogP contribution in [0.15, 0.2) is 18.2 Å². The smallest absolute Gasteiger partial charge is 0.141 e. The fraction of sp³-hybridized carbons (Fsp3) is 0.625. The van der Waals surface area contributed by atoms with Gasteiger partial charge in [-0.05, 0) is 50.4 Å². The van der Waals surface area contributed by atoms with Gasteiger partial charge in [0.05, 0.1) is 11.1 Å². The number of likely N-dealkylation sites (tertiary alicyclic amines) is 1. The molecular formula is C16H24ClFN2O. The zero-order valence-electron chi connectivity index (χ0n) is 12.5. The first-order valence-corrected chi connectivity index (χ1v) is 8.00. The van der Waals surface area contributed by atoms with Crippen molar-refractivity contribution >= 4 is 11.6 Å². The van der Waals surface area contributed by atoms with E-state index < -0.39 is 0 Å². The Morgan fingerprint density at radius 3 is 2.76 bits per heavy atom. The molecule has 0 bridgehead atoms. The van der Waals surface area contributed by atoms with Gasteiger partial charge in [0.25, 0.3) is 0 Å². The van der Waals surface area contributed by atoms with E-state index in [1.807, 2.05) is 6.07 Å². The minimum atomic E-state index is -0.361. The molecule has 21 heavy (non-hydrogen) atoms. The first-order valence-electron chi connectivity index (χ1n) is 7.62. The van der Waals surface area contributed by atoms with Gasteiger partial charge in [0.15, 0.2) is 0 Å². The summed E-state index contributed by atoms with van der Waals surface area (Å²) in [6.07, 6.45) is 3.33.